The summed E-state index contributed by atoms with van der Waals surface area (Å²) in [5, 5.41) is 0. The summed E-state index contributed by atoms with van der Waals surface area (Å²) in [6.45, 7) is 5.81. The average Bonchev–Trinajstić information content (AvgIpc) is 1.96. The SMILES string of the molecule is Cc1ccc(N)c(OC(C)C)n1. The van der Waals surface area contributed by atoms with Crippen molar-refractivity contribution in [2.75, 3.05) is 5.73 Å². The van der Waals surface area contributed by atoms with E-state index >= 15 is 0 Å². The summed E-state index contributed by atoms with van der Waals surface area (Å²) < 4.78 is 5.39. The first-order valence-corrected chi connectivity index (χ1v) is 3.99. The molecule has 0 atom stereocenters. The number of rotatable bonds is 2. The maximum Gasteiger partial charge on any atom is 0.237 e. The monoisotopic (exact) mass is 166 g/mol. The molecule has 0 radical (unpaired) electrons. The van der Waals surface area contributed by atoms with Gasteiger partial charge in [0.25, 0.3) is 0 Å². The second-order valence-electron chi connectivity index (χ2n) is 3.01. The zero-order chi connectivity index (χ0) is 9.14. The summed E-state index contributed by atoms with van der Waals surface area (Å²) >= 11 is 0. The molecule has 0 unspecified atom stereocenters. The van der Waals surface area contributed by atoms with Crippen LogP contribution in [-0.2, 0) is 0 Å². The smallest absolute Gasteiger partial charge is 0.237 e. The van der Waals surface area contributed by atoms with Crippen LogP contribution in [0.15, 0.2) is 12.1 Å². The molecule has 1 aromatic heterocycles. The van der Waals surface area contributed by atoms with Crippen LogP contribution in [-0.4, -0.2) is 11.1 Å². The number of hydrogen-bond acceptors (Lipinski definition) is 3. The summed E-state index contributed by atoms with van der Waals surface area (Å²) in [7, 11) is 0. The summed E-state index contributed by atoms with van der Waals surface area (Å²) in [6.07, 6.45) is 0.113. The van der Waals surface area contributed by atoms with Gasteiger partial charge in [-0.15, -0.1) is 0 Å². The standard InChI is InChI=1S/C9H14N2O/c1-6(2)12-9-8(10)5-4-7(3)11-9/h4-6H,10H2,1-3H3. The van der Waals surface area contributed by atoms with Crippen LogP contribution in [0.3, 0.4) is 0 Å². The normalized spacial score (nSPS) is 10.3. The van der Waals surface area contributed by atoms with Crippen LogP contribution in [0.5, 0.6) is 5.88 Å². The van der Waals surface area contributed by atoms with Crippen LogP contribution >= 0.6 is 0 Å². The molecule has 0 saturated carbocycles. The van der Waals surface area contributed by atoms with Gasteiger partial charge in [-0.1, -0.05) is 0 Å². The summed E-state index contributed by atoms with van der Waals surface area (Å²) in [5.74, 6) is 0.532. The molecule has 0 aliphatic heterocycles. The molecule has 2 N–H and O–H groups in total. The Balaban J connectivity index is 2.90. The van der Waals surface area contributed by atoms with Gasteiger partial charge in [-0.05, 0) is 32.9 Å². The summed E-state index contributed by atoms with van der Waals surface area (Å²) in [4.78, 5) is 4.17. The third-order valence-electron chi connectivity index (χ3n) is 1.38. The van der Waals surface area contributed by atoms with E-state index in [9.17, 15) is 0 Å². The van der Waals surface area contributed by atoms with Crippen LogP contribution in [0.1, 0.15) is 19.5 Å². The lowest BCUT2D eigenvalue weighted by Crippen LogP contribution is -2.09. The van der Waals surface area contributed by atoms with Crippen molar-refractivity contribution in [3.05, 3.63) is 17.8 Å². The molecule has 3 nitrogen and oxygen atoms in total. The van der Waals surface area contributed by atoms with E-state index in [1.54, 1.807) is 6.07 Å². The van der Waals surface area contributed by atoms with E-state index in [2.05, 4.69) is 4.98 Å². The predicted octanol–water partition coefficient (Wildman–Crippen LogP) is 1.76. The summed E-state index contributed by atoms with van der Waals surface area (Å²) in [6, 6.07) is 3.67. The van der Waals surface area contributed by atoms with Gasteiger partial charge in [-0.3, -0.25) is 0 Å². The highest BCUT2D eigenvalue weighted by Gasteiger charge is 2.03. The lowest BCUT2D eigenvalue weighted by atomic mass is 10.3. The Morgan fingerprint density at radius 1 is 1.42 bits per heavy atom. The fraction of sp³-hybridized carbons (Fsp3) is 0.444. The third kappa shape index (κ3) is 2.12. The van der Waals surface area contributed by atoms with Crippen LogP contribution in [0.25, 0.3) is 0 Å². The van der Waals surface area contributed by atoms with E-state index in [0.29, 0.717) is 11.6 Å². The fourth-order valence-corrected chi connectivity index (χ4v) is 0.861. The first-order chi connectivity index (χ1) is 5.59. The first-order valence-electron chi connectivity index (χ1n) is 3.99. The zero-order valence-electron chi connectivity index (χ0n) is 7.66. The van der Waals surface area contributed by atoms with Gasteiger partial charge in [-0.2, -0.15) is 0 Å². The number of nitrogen functional groups attached to an aromatic ring is 1. The molecule has 1 rings (SSSR count). The lowest BCUT2D eigenvalue weighted by molar-refractivity contribution is 0.234. The number of ether oxygens (including phenoxy) is 1. The number of hydrogen-bond donors (Lipinski definition) is 1. The second kappa shape index (κ2) is 3.43. The number of anilines is 1. The quantitative estimate of drug-likeness (QED) is 0.728. The van der Waals surface area contributed by atoms with Crippen molar-refractivity contribution in [1.82, 2.24) is 4.98 Å². The number of aryl methyl sites for hydroxylation is 1. The third-order valence-corrected chi connectivity index (χ3v) is 1.38. The number of pyridine rings is 1. The Bertz CT molecular complexity index is 271. The molecule has 3 heteroatoms. The molecule has 0 fully saturated rings. The van der Waals surface area contributed by atoms with E-state index in [0.717, 1.165) is 5.69 Å². The number of nitrogens with zero attached hydrogens (tertiary/aromatic N) is 1. The van der Waals surface area contributed by atoms with Gasteiger partial charge >= 0.3 is 0 Å². The molecular formula is C9H14N2O. The van der Waals surface area contributed by atoms with E-state index in [-0.39, 0.29) is 6.10 Å². The van der Waals surface area contributed by atoms with Gasteiger partial charge in [0.1, 0.15) is 0 Å². The molecule has 12 heavy (non-hydrogen) atoms. The van der Waals surface area contributed by atoms with E-state index in [4.69, 9.17) is 10.5 Å². The number of aromatic nitrogens is 1. The van der Waals surface area contributed by atoms with Crippen molar-refractivity contribution < 1.29 is 4.74 Å². The minimum Gasteiger partial charge on any atom is -0.473 e. The molecule has 1 aromatic rings. The van der Waals surface area contributed by atoms with Crippen molar-refractivity contribution >= 4 is 5.69 Å². The van der Waals surface area contributed by atoms with Gasteiger partial charge in [0.15, 0.2) is 0 Å². The highest BCUT2D eigenvalue weighted by atomic mass is 16.5. The highest BCUT2D eigenvalue weighted by molar-refractivity contribution is 5.48. The van der Waals surface area contributed by atoms with Crippen molar-refractivity contribution in [2.24, 2.45) is 0 Å². The molecule has 0 bridgehead atoms. The van der Waals surface area contributed by atoms with E-state index in [1.807, 2.05) is 26.8 Å². The lowest BCUT2D eigenvalue weighted by Gasteiger charge is -2.10. The predicted molar refractivity (Wildman–Crippen MR) is 49.2 cm³/mol. The molecule has 1 heterocycles. The topological polar surface area (TPSA) is 48.1 Å². The van der Waals surface area contributed by atoms with Gasteiger partial charge in [0, 0.05) is 5.69 Å². The molecule has 0 saturated heterocycles. The van der Waals surface area contributed by atoms with Crippen molar-refractivity contribution in [3.8, 4) is 5.88 Å². The minimum atomic E-state index is 0.113. The van der Waals surface area contributed by atoms with Crippen molar-refractivity contribution in [3.63, 3.8) is 0 Å². The van der Waals surface area contributed by atoms with Crippen LogP contribution in [0.2, 0.25) is 0 Å². The molecule has 0 aliphatic rings. The zero-order valence-corrected chi connectivity index (χ0v) is 7.66. The molecule has 66 valence electrons. The Morgan fingerprint density at radius 3 is 2.67 bits per heavy atom. The van der Waals surface area contributed by atoms with Gasteiger partial charge < -0.3 is 10.5 Å². The van der Waals surface area contributed by atoms with Crippen molar-refractivity contribution in [2.45, 2.75) is 26.9 Å². The Labute approximate surface area is 72.6 Å². The minimum absolute atomic E-state index is 0.113. The Kier molecular flexibility index (Phi) is 2.53. The molecule has 0 spiro atoms. The number of nitrogens with two attached hydrogens (primary N) is 1. The Hall–Kier alpha value is -1.25. The summed E-state index contributed by atoms with van der Waals surface area (Å²) in [5.41, 5.74) is 7.16. The van der Waals surface area contributed by atoms with E-state index in [1.165, 1.54) is 0 Å². The molecule has 0 aliphatic carbocycles. The first kappa shape index (κ1) is 8.84. The highest BCUT2D eigenvalue weighted by Crippen LogP contribution is 2.18. The molecule has 0 aromatic carbocycles. The van der Waals surface area contributed by atoms with E-state index < -0.39 is 0 Å². The largest absolute Gasteiger partial charge is 0.473 e. The van der Waals surface area contributed by atoms with Crippen molar-refractivity contribution in [1.29, 1.82) is 0 Å². The van der Waals surface area contributed by atoms with Gasteiger partial charge in [0.2, 0.25) is 5.88 Å². The Morgan fingerprint density at radius 2 is 2.08 bits per heavy atom. The molecule has 0 amide bonds. The average molecular weight is 166 g/mol. The second-order valence-corrected chi connectivity index (χ2v) is 3.01. The van der Waals surface area contributed by atoms with Crippen LogP contribution in [0.4, 0.5) is 5.69 Å². The fourth-order valence-electron chi connectivity index (χ4n) is 0.861. The van der Waals surface area contributed by atoms with Gasteiger partial charge in [0.05, 0.1) is 11.8 Å². The maximum atomic E-state index is 5.65. The maximum absolute atomic E-state index is 5.65. The molecular weight excluding hydrogens is 152 g/mol. The van der Waals surface area contributed by atoms with Crippen LogP contribution < -0.4 is 10.5 Å². The van der Waals surface area contributed by atoms with Crippen LogP contribution in [0, 0.1) is 6.92 Å². The van der Waals surface area contributed by atoms with Gasteiger partial charge in [-0.25, -0.2) is 4.98 Å².